The number of halogens is 2. The highest BCUT2D eigenvalue weighted by atomic mass is 35.5. The van der Waals surface area contributed by atoms with Crippen LogP contribution < -0.4 is 16.0 Å². The first-order valence-electron chi connectivity index (χ1n) is 12.9. The number of carbonyl (C=O) groups is 2. The Morgan fingerprint density at radius 3 is 2.11 bits per heavy atom. The Kier molecular flexibility index (Phi) is 12.1. The quantitative estimate of drug-likeness (QED) is 0.282. The number of amidine groups is 1. The molecule has 4 N–H and O–H groups in total. The molecule has 3 fully saturated rings. The lowest BCUT2D eigenvalue weighted by atomic mass is 9.86. The molecule has 0 atom stereocenters. The molecule has 0 spiro atoms. The van der Waals surface area contributed by atoms with Crippen molar-refractivity contribution in [3.8, 4) is 0 Å². The largest absolute Gasteiger partial charge is 0.465 e. The Morgan fingerprint density at radius 2 is 1.53 bits per heavy atom. The van der Waals surface area contributed by atoms with Crippen LogP contribution in [0.4, 0.5) is 10.5 Å². The Labute approximate surface area is 227 Å². The van der Waals surface area contributed by atoms with Crippen molar-refractivity contribution in [3.05, 3.63) is 29.8 Å². The van der Waals surface area contributed by atoms with Gasteiger partial charge in [0, 0.05) is 43.5 Å². The number of benzene rings is 1. The van der Waals surface area contributed by atoms with Crippen LogP contribution >= 0.6 is 24.8 Å². The number of amides is 2. The average molecular weight is 543 g/mol. The normalized spacial score (nSPS) is 22.6. The van der Waals surface area contributed by atoms with Gasteiger partial charge in [-0.1, -0.05) is 19.3 Å². The van der Waals surface area contributed by atoms with Crippen molar-refractivity contribution in [1.29, 1.82) is 5.41 Å². The lowest BCUT2D eigenvalue weighted by molar-refractivity contribution is -0.151. The summed E-state index contributed by atoms with van der Waals surface area (Å²) in [6.07, 6.45) is 9.45. The highest BCUT2D eigenvalue weighted by Crippen LogP contribution is 2.28. The molecule has 1 aliphatic heterocycles. The number of hydrogen-bond donors (Lipinski definition) is 3. The summed E-state index contributed by atoms with van der Waals surface area (Å²) in [6, 6.07) is 7.80. The fraction of sp³-hybridized carbons (Fsp3) is 0.654. The van der Waals surface area contributed by atoms with Crippen LogP contribution in [0.3, 0.4) is 0 Å². The summed E-state index contributed by atoms with van der Waals surface area (Å²) >= 11 is 0. The number of urea groups is 1. The Morgan fingerprint density at radius 1 is 0.917 bits per heavy atom. The summed E-state index contributed by atoms with van der Waals surface area (Å²) in [7, 11) is 0. The van der Waals surface area contributed by atoms with E-state index in [1.165, 1.54) is 32.1 Å². The number of anilines is 1. The first-order chi connectivity index (χ1) is 16.5. The smallest absolute Gasteiger partial charge is 0.317 e. The maximum Gasteiger partial charge on any atom is 0.317 e. The number of esters is 1. The molecular weight excluding hydrogens is 501 g/mol. The molecule has 1 aromatic rings. The van der Waals surface area contributed by atoms with Crippen LogP contribution in [-0.2, 0) is 9.53 Å². The number of nitrogens with two attached hydrogens (primary N) is 1. The number of nitrogens with one attached hydrogen (secondary N) is 2. The highest BCUT2D eigenvalue weighted by Gasteiger charge is 2.30. The first kappa shape index (κ1) is 30.0. The van der Waals surface area contributed by atoms with Crippen LogP contribution in [0.15, 0.2) is 24.3 Å². The van der Waals surface area contributed by atoms with E-state index in [-0.39, 0.29) is 54.6 Å². The van der Waals surface area contributed by atoms with E-state index in [4.69, 9.17) is 15.9 Å². The summed E-state index contributed by atoms with van der Waals surface area (Å²) in [6.45, 7) is 3.47. The zero-order chi connectivity index (χ0) is 23.9. The van der Waals surface area contributed by atoms with Crippen LogP contribution in [0.1, 0.15) is 63.4 Å². The zero-order valence-corrected chi connectivity index (χ0v) is 22.6. The van der Waals surface area contributed by atoms with E-state index in [9.17, 15) is 9.59 Å². The molecule has 36 heavy (non-hydrogen) atoms. The Balaban J connectivity index is 0.00000228. The maximum atomic E-state index is 12.8. The van der Waals surface area contributed by atoms with Gasteiger partial charge < -0.3 is 25.6 Å². The van der Waals surface area contributed by atoms with Crippen molar-refractivity contribution in [1.82, 2.24) is 10.2 Å². The second-order valence-electron chi connectivity index (χ2n) is 10.1. The molecule has 2 aliphatic carbocycles. The maximum absolute atomic E-state index is 12.8. The monoisotopic (exact) mass is 541 g/mol. The minimum Gasteiger partial charge on any atom is -0.465 e. The third-order valence-corrected chi connectivity index (χ3v) is 7.68. The topological polar surface area (TPSA) is 112 Å². The average Bonchev–Trinajstić information content (AvgIpc) is 2.88. The van der Waals surface area contributed by atoms with Crippen LogP contribution in [0, 0.1) is 17.2 Å². The van der Waals surface area contributed by atoms with Gasteiger partial charge >= 0.3 is 12.0 Å². The number of rotatable bonds is 6. The molecule has 10 heteroatoms. The van der Waals surface area contributed by atoms with Gasteiger partial charge in [-0.15, -0.1) is 24.8 Å². The van der Waals surface area contributed by atoms with Crippen LogP contribution in [0.2, 0.25) is 0 Å². The lowest BCUT2D eigenvalue weighted by Gasteiger charge is -2.37. The van der Waals surface area contributed by atoms with Gasteiger partial charge in [0.15, 0.2) is 0 Å². The van der Waals surface area contributed by atoms with Crippen molar-refractivity contribution < 1.29 is 14.3 Å². The zero-order valence-electron chi connectivity index (χ0n) is 21.0. The molecule has 0 bridgehead atoms. The van der Waals surface area contributed by atoms with E-state index >= 15 is 0 Å². The predicted molar refractivity (Wildman–Crippen MR) is 148 cm³/mol. The van der Waals surface area contributed by atoms with E-state index in [0.29, 0.717) is 31.2 Å². The molecule has 202 valence electrons. The second-order valence-corrected chi connectivity index (χ2v) is 10.1. The van der Waals surface area contributed by atoms with Gasteiger partial charge in [-0.25, -0.2) is 4.79 Å². The molecule has 0 radical (unpaired) electrons. The van der Waals surface area contributed by atoms with Gasteiger partial charge in [-0.3, -0.25) is 10.2 Å². The molecule has 1 saturated heterocycles. The van der Waals surface area contributed by atoms with Crippen LogP contribution in [0.5, 0.6) is 0 Å². The Hall–Kier alpha value is -2.19. The Bertz CT molecular complexity index is 848. The number of piperazine rings is 1. The van der Waals surface area contributed by atoms with Crippen molar-refractivity contribution in [2.24, 2.45) is 17.6 Å². The van der Waals surface area contributed by atoms with Crippen molar-refractivity contribution in [2.75, 3.05) is 37.7 Å². The fourth-order valence-electron chi connectivity index (χ4n) is 5.43. The summed E-state index contributed by atoms with van der Waals surface area (Å²) < 4.78 is 5.64. The van der Waals surface area contributed by atoms with E-state index in [2.05, 4.69) is 10.2 Å². The summed E-state index contributed by atoms with van der Waals surface area (Å²) in [5, 5.41) is 10.7. The van der Waals surface area contributed by atoms with Gasteiger partial charge in [-0.2, -0.15) is 0 Å². The highest BCUT2D eigenvalue weighted by molar-refractivity contribution is 5.95. The van der Waals surface area contributed by atoms with E-state index < -0.39 is 0 Å². The van der Waals surface area contributed by atoms with Gasteiger partial charge in [0.05, 0.1) is 12.5 Å². The molecule has 8 nitrogen and oxygen atoms in total. The van der Waals surface area contributed by atoms with E-state index in [1.807, 2.05) is 29.2 Å². The lowest BCUT2D eigenvalue weighted by Crippen LogP contribution is -2.54. The molecule has 4 rings (SSSR count). The number of ether oxygens (including phenoxy) is 1. The molecule has 2 saturated carbocycles. The number of carbonyl (C=O) groups excluding carboxylic acids is 2. The molecule has 1 aromatic carbocycles. The van der Waals surface area contributed by atoms with Crippen LogP contribution in [-0.4, -0.2) is 61.6 Å². The van der Waals surface area contributed by atoms with Gasteiger partial charge in [0.2, 0.25) is 0 Å². The van der Waals surface area contributed by atoms with E-state index in [0.717, 1.165) is 44.5 Å². The fourth-order valence-corrected chi connectivity index (χ4v) is 5.43. The summed E-state index contributed by atoms with van der Waals surface area (Å²) in [5.74, 6) is 0.560. The minimum absolute atomic E-state index is 0. The summed E-state index contributed by atoms with van der Waals surface area (Å²) in [4.78, 5) is 29.4. The van der Waals surface area contributed by atoms with Gasteiger partial charge in [-0.05, 0) is 68.7 Å². The molecule has 0 aromatic heterocycles. The number of hydrogen-bond acceptors (Lipinski definition) is 5. The third kappa shape index (κ3) is 8.17. The molecule has 2 amide bonds. The van der Waals surface area contributed by atoms with Crippen LogP contribution in [0.25, 0.3) is 0 Å². The predicted octanol–water partition coefficient (Wildman–Crippen LogP) is 4.33. The molecule has 0 unspecified atom stereocenters. The van der Waals surface area contributed by atoms with Crippen molar-refractivity contribution >= 4 is 48.3 Å². The van der Waals surface area contributed by atoms with Crippen molar-refractivity contribution in [2.45, 2.75) is 63.8 Å². The number of nitrogens with zero attached hydrogens (tertiary/aromatic N) is 2. The standard InChI is InChI=1S/C26H39N5O3.2ClH/c27-24(28)20-8-12-23(13-9-20)30-14-16-31(17-15-30)26(33)29-22-10-6-21(7-11-22)25(32)34-18-19-4-2-1-3-5-19;;/h8-9,12-13,19,21-22H,1-7,10-11,14-18H2,(H3,27,28)(H,29,33);2*1H/t21-,22-;;. The summed E-state index contributed by atoms with van der Waals surface area (Å²) in [5.41, 5.74) is 7.33. The SMILES string of the molecule is Cl.Cl.N=C(N)c1ccc(N2CCN(C(=O)N[C@H]3CC[C@H](C(=O)OCC4CCCCC4)CC3)CC2)cc1. The second kappa shape index (κ2) is 14.5. The van der Waals surface area contributed by atoms with Gasteiger partial charge in [0.1, 0.15) is 5.84 Å². The molecule has 1 heterocycles. The third-order valence-electron chi connectivity index (χ3n) is 7.68. The molecular formula is C26H41Cl2N5O3. The molecule has 3 aliphatic rings. The van der Waals surface area contributed by atoms with E-state index in [1.54, 1.807) is 0 Å². The first-order valence-corrected chi connectivity index (χ1v) is 12.9. The number of nitrogen functional groups attached to an aromatic ring is 1. The van der Waals surface area contributed by atoms with Gasteiger partial charge in [0.25, 0.3) is 0 Å². The van der Waals surface area contributed by atoms with Crippen molar-refractivity contribution in [3.63, 3.8) is 0 Å². The minimum atomic E-state index is -0.0391.